The van der Waals surface area contributed by atoms with E-state index in [1.807, 2.05) is 43.3 Å². The number of thiophene rings is 1. The van der Waals surface area contributed by atoms with Crippen molar-refractivity contribution >= 4 is 39.9 Å². The number of benzene rings is 2. The average molecular weight is 528 g/mol. The summed E-state index contributed by atoms with van der Waals surface area (Å²) in [7, 11) is 0. The molecule has 5 aromatic rings. The van der Waals surface area contributed by atoms with E-state index >= 15 is 0 Å². The molecule has 2 N–H and O–H groups in total. The molecule has 0 spiro atoms. The number of ketones is 1. The van der Waals surface area contributed by atoms with Gasteiger partial charge < -0.3 is 15.0 Å². The highest BCUT2D eigenvalue weighted by atomic mass is 32.1. The molecule has 0 fully saturated rings. The summed E-state index contributed by atoms with van der Waals surface area (Å²) in [6.45, 7) is 3.52. The SMILES string of the molecule is CCc1cc(C(=O)c2ccccc2)c(-n2c(C)nnc2CNC(=O)c2cc3ccccc3n2CC(=O)O)s1. The smallest absolute Gasteiger partial charge is 0.323 e. The second-order valence-corrected chi connectivity index (χ2v) is 9.85. The number of para-hydroxylation sites is 1. The van der Waals surface area contributed by atoms with Crippen molar-refractivity contribution in [2.75, 3.05) is 0 Å². The third-order valence-electron chi connectivity index (χ3n) is 6.23. The number of carboxylic acid groups (broad SMARTS) is 1. The molecule has 10 heteroatoms. The molecule has 2 aromatic carbocycles. The summed E-state index contributed by atoms with van der Waals surface area (Å²) in [5.41, 5.74) is 2.03. The molecule has 5 rings (SSSR count). The highest BCUT2D eigenvalue weighted by Gasteiger charge is 2.23. The molecule has 0 saturated carbocycles. The Balaban J connectivity index is 1.47. The van der Waals surface area contributed by atoms with Crippen LogP contribution < -0.4 is 5.32 Å². The van der Waals surface area contributed by atoms with Crippen LogP contribution in [0.4, 0.5) is 0 Å². The van der Waals surface area contributed by atoms with Crippen molar-refractivity contribution in [1.82, 2.24) is 24.6 Å². The Morgan fingerprint density at radius 3 is 2.47 bits per heavy atom. The fraction of sp³-hybridized carbons (Fsp3) is 0.179. The summed E-state index contributed by atoms with van der Waals surface area (Å²) in [5, 5.41) is 22.2. The van der Waals surface area contributed by atoms with E-state index in [4.69, 9.17) is 0 Å². The van der Waals surface area contributed by atoms with Crippen LogP contribution in [-0.2, 0) is 24.3 Å². The molecule has 192 valence electrons. The normalized spacial score (nSPS) is 11.1. The van der Waals surface area contributed by atoms with Crippen molar-refractivity contribution in [3.8, 4) is 5.00 Å². The van der Waals surface area contributed by atoms with Crippen LogP contribution in [0, 0.1) is 6.92 Å². The van der Waals surface area contributed by atoms with Gasteiger partial charge in [0.1, 0.15) is 23.1 Å². The number of nitrogens with one attached hydrogen (secondary N) is 1. The van der Waals surface area contributed by atoms with Gasteiger partial charge in [-0.1, -0.05) is 55.5 Å². The lowest BCUT2D eigenvalue weighted by molar-refractivity contribution is -0.137. The number of carboxylic acids is 1. The van der Waals surface area contributed by atoms with E-state index in [0.29, 0.717) is 33.3 Å². The van der Waals surface area contributed by atoms with Gasteiger partial charge in [-0.15, -0.1) is 21.5 Å². The number of aliphatic carboxylic acids is 1. The molecule has 0 saturated heterocycles. The Hall–Kier alpha value is -4.57. The van der Waals surface area contributed by atoms with E-state index in [1.165, 1.54) is 15.9 Å². The largest absolute Gasteiger partial charge is 0.480 e. The van der Waals surface area contributed by atoms with Gasteiger partial charge in [-0.2, -0.15) is 0 Å². The number of rotatable bonds is 9. The molecule has 3 aromatic heterocycles. The molecule has 0 radical (unpaired) electrons. The fourth-order valence-electron chi connectivity index (χ4n) is 4.42. The van der Waals surface area contributed by atoms with Crippen LogP contribution in [0.25, 0.3) is 15.9 Å². The van der Waals surface area contributed by atoms with E-state index in [9.17, 15) is 19.5 Å². The first-order valence-electron chi connectivity index (χ1n) is 12.1. The minimum Gasteiger partial charge on any atom is -0.480 e. The predicted octanol–water partition coefficient (Wildman–Crippen LogP) is 4.40. The van der Waals surface area contributed by atoms with Gasteiger partial charge in [0.05, 0.1) is 12.1 Å². The first kappa shape index (κ1) is 25.1. The van der Waals surface area contributed by atoms with Crippen molar-refractivity contribution in [3.05, 3.63) is 100 Å². The van der Waals surface area contributed by atoms with Gasteiger partial charge in [-0.25, -0.2) is 0 Å². The third kappa shape index (κ3) is 4.73. The van der Waals surface area contributed by atoms with Gasteiger partial charge in [0.15, 0.2) is 11.6 Å². The monoisotopic (exact) mass is 527 g/mol. The van der Waals surface area contributed by atoms with E-state index in [0.717, 1.165) is 16.7 Å². The summed E-state index contributed by atoms with van der Waals surface area (Å²) in [5.74, 6) is -0.534. The fourth-order valence-corrected chi connectivity index (χ4v) is 5.58. The lowest BCUT2D eigenvalue weighted by Crippen LogP contribution is -2.28. The van der Waals surface area contributed by atoms with E-state index < -0.39 is 11.9 Å². The highest BCUT2D eigenvalue weighted by molar-refractivity contribution is 7.15. The Kier molecular flexibility index (Phi) is 6.89. The zero-order valence-corrected chi connectivity index (χ0v) is 21.7. The zero-order chi connectivity index (χ0) is 26.8. The molecule has 0 bridgehead atoms. The molecule has 0 unspecified atom stereocenters. The van der Waals surface area contributed by atoms with Crippen molar-refractivity contribution in [2.24, 2.45) is 0 Å². The molecule has 9 nitrogen and oxygen atoms in total. The summed E-state index contributed by atoms with van der Waals surface area (Å²) in [6.07, 6.45) is 0.765. The highest BCUT2D eigenvalue weighted by Crippen LogP contribution is 2.31. The van der Waals surface area contributed by atoms with Gasteiger partial charge in [-0.3, -0.25) is 19.0 Å². The van der Waals surface area contributed by atoms with Crippen molar-refractivity contribution in [3.63, 3.8) is 0 Å². The standard InChI is InChI=1S/C28H25N5O4S/c1-3-20-14-21(26(36)18-9-5-4-6-10-18)28(38-20)33-17(2)30-31-24(33)15-29-27(37)23-13-19-11-7-8-12-22(19)32(23)16-25(34)35/h4-14H,3,15-16H2,1-2H3,(H,29,37)(H,34,35). The Morgan fingerprint density at radius 2 is 1.74 bits per heavy atom. The number of aromatic nitrogens is 4. The van der Waals surface area contributed by atoms with E-state index in [2.05, 4.69) is 15.5 Å². The van der Waals surface area contributed by atoms with Crippen LogP contribution in [0.1, 0.15) is 49.9 Å². The maximum atomic E-state index is 13.4. The van der Waals surface area contributed by atoms with Crippen LogP contribution in [0.2, 0.25) is 0 Å². The minimum atomic E-state index is -1.05. The van der Waals surface area contributed by atoms with Crippen LogP contribution >= 0.6 is 11.3 Å². The molecule has 1 amide bonds. The minimum absolute atomic E-state index is 0.0343. The molecular weight excluding hydrogens is 502 g/mol. The molecule has 3 heterocycles. The number of carbonyl (C=O) groups excluding carboxylic acids is 2. The van der Waals surface area contributed by atoms with E-state index in [1.54, 1.807) is 41.8 Å². The number of amides is 1. The number of fused-ring (bicyclic) bond motifs is 1. The number of carbonyl (C=O) groups is 3. The second kappa shape index (κ2) is 10.4. The second-order valence-electron chi connectivity index (χ2n) is 8.73. The Morgan fingerprint density at radius 1 is 1.00 bits per heavy atom. The molecule has 0 atom stereocenters. The Labute approximate surface area is 222 Å². The lowest BCUT2D eigenvalue weighted by Gasteiger charge is -2.11. The zero-order valence-electron chi connectivity index (χ0n) is 20.8. The summed E-state index contributed by atoms with van der Waals surface area (Å²) >= 11 is 1.49. The Bertz CT molecular complexity index is 1670. The van der Waals surface area contributed by atoms with Crippen molar-refractivity contribution in [1.29, 1.82) is 0 Å². The van der Waals surface area contributed by atoms with Gasteiger partial charge in [0.25, 0.3) is 5.91 Å². The summed E-state index contributed by atoms with van der Waals surface area (Å²) in [4.78, 5) is 39.2. The summed E-state index contributed by atoms with van der Waals surface area (Å²) in [6, 6.07) is 19.9. The third-order valence-corrected chi connectivity index (χ3v) is 7.50. The number of nitrogens with zero attached hydrogens (tertiary/aromatic N) is 4. The first-order chi connectivity index (χ1) is 18.4. The average Bonchev–Trinajstić information content (AvgIpc) is 3.62. The van der Waals surface area contributed by atoms with Crippen LogP contribution in [-0.4, -0.2) is 42.1 Å². The molecule has 0 aliphatic heterocycles. The lowest BCUT2D eigenvalue weighted by atomic mass is 10.0. The van der Waals surface area contributed by atoms with Crippen LogP contribution in [0.5, 0.6) is 0 Å². The van der Waals surface area contributed by atoms with Gasteiger partial charge in [0, 0.05) is 21.3 Å². The topological polar surface area (TPSA) is 119 Å². The molecule has 0 aliphatic rings. The van der Waals surface area contributed by atoms with Crippen molar-refractivity contribution in [2.45, 2.75) is 33.4 Å². The molecule has 38 heavy (non-hydrogen) atoms. The number of aryl methyl sites for hydroxylation is 2. The molecule has 0 aliphatic carbocycles. The maximum Gasteiger partial charge on any atom is 0.323 e. The first-order valence-corrected chi connectivity index (χ1v) is 12.9. The van der Waals surface area contributed by atoms with Crippen LogP contribution in [0.15, 0.2) is 66.7 Å². The predicted molar refractivity (Wildman–Crippen MR) is 144 cm³/mol. The van der Waals surface area contributed by atoms with Crippen molar-refractivity contribution < 1.29 is 19.5 Å². The number of hydrogen-bond acceptors (Lipinski definition) is 6. The van der Waals surface area contributed by atoms with Gasteiger partial charge in [0.2, 0.25) is 0 Å². The maximum absolute atomic E-state index is 13.4. The molecular formula is C28H25N5O4S. The number of hydrogen-bond donors (Lipinski definition) is 2. The summed E-state index contributed by atoms with van der Waals surface area (Å²) < 4.78 is 3.28. The van der Waals surface area contributed by atoms with Crippen LogP contribution in [0.3, 0.4) is 0 Å². The van der Waals surface area contributed by atoms with E-state index in [-0.39, 0.29) is 24.6 Å². The van der Waals surface area contributed by atoms with Gasteiger partial charge >= 0.3 is 5.97 Å². The quantitative estimate of drug-likeness (QED) is 0.274. The van der Waals surface area contributed by atoms with Gasteiger partial charge in [-0.05, 0) is 31.5 Å².